The molecule has 1 aromatic heterocycles. The van der Waals surface area contributed by atoms with E-state index in [1.165, 1.54) is 26.1 Å². The van der Waals surface area contributed by atoms with Crippen LogP contribution in [0.2, 0.25) is 0 Å². The van der Waals surface area contributed by atoms with Crippen molar-refractivity contribution in [3.8, 4) is 17.0 Å². The first-order valence-corrected chi connectivity index (χ1v) is 21.2. The number of ether oxygens (including phenoxy) is 1. The number of nitrogens with zero attached hydrogens (tertiary/aromatic N) is 5. The highest BCUT2D eigenvalue weighted by atomic mass is 32.2. The second-order valence-corrected chi connectivity index (χ2v) is 17.2. The molecule has 1 unspecified atom stereocenters. The third kappa shape index (κ3) is 7.61. The third-order valence-corrected chi connectivity index (χ3v) is 13.8. The minimum Gasteiger partial charge on any atom is -0.497 e. The minimum absolute atomic E-state index is 0.0235. The van der Waals surface area contributed by atoms with Crippen molar-refractivity contribution in [1.29, 1.82) is 0 Å². The Morgan fingerprint density at radius 3 is 2.11 bits per heavy atom. The van der Waals surface area contributed by atoms with Crippen LogP contribution in [0.3, 0.4) is 0 Å². The Balaban J connectivity index is 1.52. The first-order valence-electron chi connectivity index (χ1n) is 19.8. The van der Waals surface area contributed by atoms with Crippen LogP contribution in [0.4, 0.5) is 0 Å². The number of methoxy groups -OCH3 is 1. The van der Waals surface area contributed by atoms with Gasteiger partial charge in [0.15, 0.2) is 0 Å². The van der Waals surface area contributed by atoms with E-state index in [0.29, 0.717) is 25.6 Å². The Hall–Kier alpha value is -3.45. The fraction of sp³-hybridized carbons (Fsp3) is 0.610. The molecule has 1 aliphatic heterocycles. The number of fused-ring (bicyclic) bond motifs is 7. The predicted octanol–water partition coefficient (Wildman–Crippen LogP) is 5.90. The van der Waals surface area contributed by atoms with E-state index in [0.717, 1.165) is 109 Å². The van der Waals surface area contributed by atoms with E-state index in [4.69, 9.17) is 4.74 Å². The summed E-state index contributed by atoms with van der Waals surface area (Å²) in [7, 11) is 0.494. The summed E-state index contributed by atoms with van der Waals surface area (Å²) in [6.45, 7) is 15.9. The lowest BCUT2D eigenvalue weighted by Gasteiger charge is -2.32. The van der Waals surface area contributed by atoms with Crippen molar-refractivity contribution >= 4 is 32.9 Å². The summed E-state index contributed by atoms with van der Waals surface area (Å²) in [5.41, 5.74) is 5.15. The van der Waals surface area contributed by atoms with Crippen LogP contribution in [0, 0.1) is 5.41 Å². The van der Waals surface area contributed by atoms with Gasteiger partial charge in [0.25, 0.3) is 5.91 Å². The molecule has 0 radical (unpaired) electrons. The van der Waals surface area contributed by atoms with Crippen LogP contribution in [-0.4, -0.2) is 117 Å². The van der Waals surface area contributed by atoms with Gasteiger partial charge in [0.05, 0.1) is 18.2 Å². The Morgan fingerprint density at radius 2 is 1.53 bits per heavy atom. The van der Waals surface area contributed by atoms with Gasteiger partial charge in [-0.25, -0.2) is 4.72 Å². The summed E-state index contributed by atoms with van der Waals surface area (Å²) in [5, 5.41) is 1.07. The summed E-state index contributed by atoms with van der Waals surface area (Å²) in [5.74, 6) is 0.655. The number of aromatic nitrogens is 1. The Kier molecular flexibility index (Phi) is 11.9. The quantitative estimate of drug-likeness (QED) is 0.195. The molecule has 2 heterocycles. The largest absolute Gasteiger partial charge is 0.497 e. The highest BCUT2D eigenvalue weighted by Gasteiger charge is 2.63. The topological polar surface area (TPSA) is 107 Å². The molecule has 0 saturated heterocycles. The summed E-state index contributed by atoms with van der Waals surface area (Å²) in [4.78, 5) is 35.7. The molecule has 12 heteroatoms. The van der Waals surface area contributed by atoms with E-state index >= 15 is 4.79 Å². The van der Waals surface area contributed by atoms with Gasteiger partial charge in [-0.3, -0.25) is 9.59 Å². The molecule has 2 atom stereocenters. The summed E-state index contributed by atoms with van der Waals surface area (Å²) in [6.07, 6.45) is 6.44. The zero-order valence-electron chi connectivity index (χ0n) is 32.9. The summed E-state index contributed by atoms with van der Waals surface area (Å²) in [6, 6.07) is 11.9. The zero-order chi connectivity index (χ0) is 38.1. The molecule has 11 nitrogen and oxygen atoms in total. The maximum atomic E-state index is 15.3. The molecule has 2 aliphatic carbocycles. The van der Waals surface area contributed by atoms with Gasteiger partial charge in [-0.15, -0.1) is 0 Å². The Morgan fingerprint density at radius 1 is 0.887 bits per heavy atom. The van der Waals surface area contributed by atoms with Gasteiger partial charge in [0, 0.05) is 74.8 Å². The van der Waals surface area contributed by atoms with Crippen molar-refractivity contribution in [1.82, 2.24) is 28.3 Å². The van der Waals surface area contributed by atoms with E-state index in [-0.39, 0.29) is 17.4 Å². The maximum Gasteiger partial charge on any atom is 0.303 e. The van der Waals surface area contributed by atoms with Crippen LogP contribution < -0.4 is 9.46 Å². The molecule has 0 bridgehead atoms. The number of likely N-dealkylation sites (N-methyl/N-ethyl adjacent to an activating group) is 2. The molecule has 3 aliphatic rings. The molecule has 2 aromatic carbocycles. The van der Waals surface area contributed by atoms with Crippen LogP contribution in [-0.2, 0) is 21.5 Å². The molecule has 53 heavy (non-hydrogen) atoms. The number of amides is 2. The standard InChI is InChI=1S/C41H60N6O5S/c1-8-44(9-2)21-23-46(24-22-45(10-3)11-4)40(49)41-27-35(41)34-26-31(52-7)18-20-32(34)38-37(29-15-13-12-14-16-29)33-19-17-30(25-36(33)47(38)28-41)39(48)42-53(50,51)43(5)6/h17-20,25-26,29,35H,8-16,21-24,27-28H2,1-7H3,(H,42,48)/t35?,41-/m1/s1. The molecular weight excluding hydrogens is 689 g/mol. The normalized spacial score (nSPS) is 19.9. The Labute approximate surface area is 316 Å². The monoisotopic (exact) mass is 748 g/mol. The van der Waals surface area contributed by atoms with Crippen molar-refractivity contribution in [2.45, 2.75) is 84.6 Å². The third-order valence-electron chi connectivity index (χ3n) is 12.4. The fourth-order valence-electron chi connectivity index (χ4n) is 8.92. The lowest BCUT2D eigenvalue weighted by molar-refractivity contribution is -0.138. The van der Waals surface area contributed by atoms with Crippen LogP contribution in [0.25, 0.3) is 22.2 Å². The van der Waals surface area contributed by atoms with Gasteiger partial charge in [-0.05, 0) is 92.8 Å². The maximum absolute atomic E-state index is 15.3. The SMILES string of the molecule is CCN(CC)CCN(CCN(CC)CC)C(=O)[C@@]12CC1c1cc(OC)ccc1-c1c(C3CCCCC3)c3ccc(C(=O)NS(=O)(=O)N(C)C)cc3n1C2. The highest BCUT2D eigenvalue weighted by molar-refractivity contribution is 7.87. The number of benzene rings is 2. The van der Waals surface area contributed by atoms with Gasteiger partial charge in [-0.2, -0.15) is 12.7 Å². The number of carbonyl (C=O) groups excluding carboxylic acids is 2. The molecule has 2 fully saturated rings. The van der Waals surface area contributed by atoms with Crippen molar-refractivity contribution in [3.05, 3.63) is 53.1 Å². The molecule has 3 aromatic rings. The van der Waals surface area contributed by atoms with E-state index in [9.17, 15) is 13.2 Å². The van der Waals surface area contributed by atoms with Crippen molar-refractivity contribution in [2.75, 3.05) is 73.6 Å². The average Bonchev–Trinajstić information content (AvgIpc) is 3.83. The van der Waals surface area contributed by atoms with Gasteiger partial charge in [0.2, 0.25) is 5.91 Å². The van der Waals surface area contributed by atoms with E-state index < -0.39 is 21.5 Å². The zero-order valence-corrected chi connectivity index (χ0v) is 33.7. The first kappa shape index (κ1) is 39.2. The number of nitrogens with one attached hydrogen (secondary N) is 1. The van der Waals surface area contributed by atoms with Crippen LogP contribution in [0.5, 0.6) is 5.75 Å². The van der Waals surface area contributed by atoms with Gasteiger partial charge in [-0.1, -0.05) is 53.0 Å². The molecule has 290 valence electrons. The van der Waals surface area contributed by atoms with E-state index in [1.54, 1.807) is 13.2 Å². The molecule has 6 rings (SSSR count). The lowest BCUT2D eigenvalue weighted by Crippen LogP contribution is -2.47. The molecule has 2 saturated carbocycles. The number of rotatable bonds is 16. The van der Waals surface area contributed by atoms with E-state index in [2.05, 4.69) is 63.8 Å². The number of hydrogen-bond acceptors (Lipinski definition) is 7. The van der Waals surface area contributed by atoms with Crippen LogP contribution in [0.15, 0.2) is 36.4 Å². The fourth-order valence-corrected chi connectivity index (χ4v) is 9.46. The summed E-state index contributed by atoms with van der Waals surface area (Å²) < 4.78 is 36.7. The molecular formula is C41H60N6O5S. The van der Waals surface area contributed by atoms with Gasteiger partial charge >= 0.3 is 10.2 Å². The van der Waals surface area contributed by atoms with Crippen molar-refractivity contribution in [2.24, 2.45) is 5.41 Å². The van der Waals surface area contributed by atoms with Gasteiger partial charge in [0.1, 0.15) is 5.75 Å². The minimum atomic E-state index is -3.99. The molecule has 0 spiro atoms. The second kappa shape index (κ2) is 16.1. The predicted molar refractivity (Wildman–Crippen MR) is 212 cm³/mol. The molecule has 1 N–H and O–H groups in total. The Bertz CT molecular complexity index is 1890. The second-order valence-electron chi connectivity index (χ2n) is 15.3. The van der Waals surface area contributed by atoms with E-state index in [1.807, 2.05) is 18.2 Å². The smallest absolute Gasteiger partial charge is 0.303 e. The summed E-state index contributed by atoms with van der Waals surface area (Å²) >= 11 is 0. The highest BCUT2D eigenvalue weighted by Crippen LogP contribution is 2.66. The lowest BCUT2D eigenvalue weighted by atomic mass is 9.81. The van der Waals surface area contributed by atoms with Gasteiger partial charge < -0.3 is 24.0 Å². The van der Waals surface area contributed by atoms with Crippen molar-refractivity contribution < 1.29 is 22.7 Å². The number of hydrogen-bond donors (Lipinski definition) is 1. The van der Waals surface area contributed by atoms with Crippen LogP contribution >= 0.6 is 0 Å². The van der Waals surface area contributed by atoms with Crippen LogP contribution in [0.1, 0.15) is 99.5 Å². The van der Waals surface area contributed by atoms with Crippen molar-refractivity contribution in [3.63, 3.8) is 0 Å². The first-order chi connectivity index (χ1) is 25.4. The molecule has 2 amide bonds. The average molecular weight is 749 g/mol. The number of carbonyl (C=O) groups is 2.